The summed E-state index contributed by atoms with van der Waals surface area (Å²) in [6.45, 7) is 18.8. The molecule has 0 amide bonds. The maximum Gasteiger partial charge on any atom is 0.307 e. The lowest BCUT2D eigenvalue weighted by atomic mass is 9.34. The molecule has 1 aromatic heterocycles. The highest BCUT2D eigenvalue weighted by Crippen LogP contribution is 2.75. The van der Waals surface area contributed by atoms with Crippen LogP contribution in [0.2, 0.25) is 0 Å². The van der Waals surface area contributed by atoms with Crippen molar-refractivity contribution in [2.45, 2.75) is 112 Å². The van der Waals surface area contributed by atoms with Gasteiger partial charge in [-0.25, -0.2) is 4.98 Å². The molecule has 4 unspecified atom stereocenters. The lowest BCUT2D eigenvalue weighted by Gasteiger charge is -2.71. The molecule has 3 N–H and O–H groups in total. The third-order valence-corrected chi connectivity index (χ3v) is 15.5. The maximum atomic E-state index is 13.4. The molecule has 2 heterocycles. The Morgan fingerprint density at radius 3 is 2.50 bits per heavy atom. The summed E-state index contributed by atoms with van der Waals surface area (Å²) >= 11 is 1.52. The molecule has 4 fully saturated rings. The molecule has 1 aliphatic heterocycles. The van der Waals surface area contributed by atoms with Crippen molar-refractivity contribution >= 4 is 23.3 Å². The van der Waals surface area contributed by atoms with Gasteiger partial charge in [0.05, 0.1) is 31.8 Å². The van der Waals surface area contributed by atoms with Crippen molar-refractivity contribution in [2.75, 3.05) is 19.8 Å². The van der Waals surface area contributed by atoms with Crippen molar-refractivity contribution in [1.29, 1.82) is 0 Å². The highest BCUT2D eigenvalue weighted by Gasteiger charge is 2.72. The summed E-state index contributed by atoms with van der Waals surface area (Å²) < 4.78 is 19.4. The minimum Gasteiger partial charge on any atom is -0.481 e. The Labute approximate surface area is 279 Å². The lowest BCUT2D eigenvalue weighted by Crippen LogP contribution is -2.70. The minimum absolute atomic E-state index is 0.172. The molecule has 8 nitrogen and oxygen atoms in total. The largest absolute Gasteiger partial charge is 0.481 e. The van der Waals surface area contributed by atoms with Gasteiger partial charge in [0.15, 0.2) is 0 Å². The fourth-order valence-electron chi connectivity index (χ4n) is 11.9. The van der Waals surface area contributed by atoms with E-state index in [0.29, 0.717) is 37.4 Å². The van der Waals surface area contributed by atoms with E-state index in [9.17, 15) is 14.7 Å². The first kappa shape index (κ1) is 34.1. The minimum atomic E-state index is -0.649. The third kappa shape index (κ3) is 4.79. The Morgan fingerprint density at radius 1 is 1.13 bits per heavy atom. The van der Waals surface area contributed by atoms with E-state index >= 15 is 0 Å². The average Bonchev–Trinajstić information content (AvgIpc) is 3.52. The van der Waals surface area contributed by atoms with Gasteiger partial charge in [0.1, 0.15) is 17.2 Å². The number of aliphatic carboxylic acids is 1. The van der Waals surface area contributed by atoms with Crippen molar-refractivity contribution in [3.63, 3.8) is 0 Å². The van der Waals surface area contributed by atoms with Crippen molar-refractivity contribution < 1.29 is 28.9 Å². The SMILES string of the molecule is CC(=O)OC1C[C@@]23COCC(C)(C2CC[C@H]2C3=CC[C@@]3(C)[C@H](C(=O)O)[C@@](C)([C@H](C)C(C)C)CC[C@]23C)[C@H]1OCC(N)c1nccs1. The third-order valence-electron chi connectivity index (χ3n) is 14.6. The van der Waals surface area contributed by atoms with Gasteiger partial charge in [-0.2, -0.15) is 0 Å². The number of carbonyl (C=O) groups is 2. The number of rotatable bonds is 8. The lowest BCUT2D eigenvalue weighted by molar-refractivity contribution is -0.267. The van der Waals surface area contributed by atoms with Gasteiger partial charge in [0.2, 0.25) is 0 Å². The van der Waals surface area contributed by atoms with E-state index in [1.165, 1.54) is 23.8 Å². The van der Waals surface area contributed by atoms with Gasteiger partial charge in [0.25, 0.3) is 0 Å². The number of hydrogen-bond donors (Lipinski definition) is 2. The second kappa shape index (κ2) is 11.7. The van der Waals surface area contributed by atoms with Crippen LogP contribution in [0.25, 0.3) is 0 Å². The van der Waals surface area contributed by atoms with Crippen LogP contribution in [0.3, 0.4) is 0 Å². The van der Waals surface area contributed by atoms with E-state index in [2.05, 4.69) is 59.5 Å². The molecule has 1 aromatic rings. The molecule has 0 spiro atoms. The predicted octanol–water partition coefficient (Wildman–Crippen LogP) is 7.05. The molecule has 46 heavy (non-hydrogen) atoms. The number of hydrogen-bond acceptors (Lipinski definition) is 8. The molecule has 0 radical (unpaired) electrons. The zero-order chi connectivity index (χ0) is 33.4. The monoisotopic (exact) mass is 656 g/mol. The van der Waals surface area contributed by atoms with Crippen molar-refractivity contribution in [3.05, 3.63) is 28.2 Å². The van der Waals surface area contributed by atoms with E-state index in [-0.39, 0.29) is 57.7 Å². The van der Waals surface area contributed by atoms with Crippen LogP contribution in [0.15, 0.2) is 23.2 Å². The summed E-state index contributed by atoms with van der Waals surface area (Å²) in [7, 11) is 0. The Hall–Kier alpha value is -1.81. The van der Waals surface area contributed by atoms with Crippen LogP contribution in [-0.4, -0.2) is 54.1 Å². The zero-order valence-electron chi connectivity index (χ0n) is 29.1. The van der Waals surface area contributed by atoms with E-state index < -0.39 is 18.0 Å². The van der Waals surface area contributed by atoms with Gasteiger partial charge in [-0.15, -0.1) is 11.3 Å². The van der Waals surface area contributed by atoms with Gasteiger partial charge in [-0.1, -0.05) is 60.1 Å². The van der Waals surface area contributed by atoms with Crippen LogP contribution in [0, 0.1) is 56.7 Å². The number of esters is 1. The quantitative estimate of drug-likeness (QED) is 0.226. The number of ether oxygens (including phenoxy) is 3. The standard InChI is InChI=1S/C37H56N2O6S/c1-21(2)22(3)33(5)13-14-35(7)24-9-10-28-34(6)19-43-20-37(28,25(24)11-12-36(35,8)29(33)32(41)42)17-27(45-23(4)40)30(34)44-18-26(38)31-39-15-16-46-31/h11,15-16,21-22,24,26-30H,9-10,12-14,17-20,38H2,1-8H3,(H,41,42)/t22-,24+,26?,27?,28?,29-,30+,33-,34?,35-,36+,37+/m1/s1. The summed E-state index contributed by atoms with van der Waals surface area (Å²) in [5.41, 5.74) is 6.42. The van der Waals surface area contributed by atoms with E-state index in [0.717, 1.165) is 37.1 Å². The van der Waals surface area contributed by atoms with Crippen LogP contribution in [0.5, 0.6) is 0 Å². The molecule has 2 bridgehead atoms. The van der Waals surface area contributed by atoms with Gasteiger partial charge >= 0.3 is 11.9 Å². The summed E-state index contributed by atoms with van der Waals surface area (Å²) in [6.07, 6.45) is 8.73. The molecule has 0 aromatic carbocycles. The van der Waals surface area contributed by atoms with Gasteiger partial charge in [-0.05, 0) is 78.4 Å². The number of nitrogens with two attached hydrogens (primary N) is 1. The van der Waals surface area contributed by atoms with Crippen molar-refractivity contribution in [3.8, 4) is 0 Å². The number of carbonyl (C=O) groups excluding carboxylic acids is 1. The smallest absolute Gasteiger partial charge is 0.307 e. The Morgan fingerprint density at radius 2 is 1.87 bits per heavy atom. The zero-order valence-corrected chi connectivity index (χ0v) is 30.0. The second-order valence-electron chi connectivity index (χ2n) is 16.9. The fourth-order valence-corrected chi connectivity index (χ4v) is 12.5. The maximum absolute atomic E-state index is 13.4. The van der Waals surface area contributed by atoms with Gasteiger partial charge in [-0.3, -0.25) is 9.59 Å². The number of allylic oxidation sites excluding steroid dienone is 1. The number of thiazole rings is 1. The number of nitrogens with zero attached hydrogens (tertiary/aromatic N) is 1. The normalized spacial score (nSPS) is 44.7. The first-order valence-electron chi connectivity index (χ1n) is 17.5. The van der Waals surface area contributed by atoms with E-state index in [1.807, 2.05) is 5.38 Å². The van der Waals surface area contributed by atoms with Gasteiger partial charge < -0.3 is 25.1 Å². The summed E-state index contributed by atoms with van der Waals surface area (Å²) in [4.78, 5) is 30.3. The number of carboxylic acid groups (broad SMARTS) is 1. The molecule has 6 rings (SSSR count). The molecule has 5 aliphatic rings. The predicted molar refractivity (Wildman–Crippen MR) is 178 cm³/mol. The molecule has 256 valence electrons. The summed E-state index contributed by atoms with van der Waals surface area (Å²) in [5.74, 6) is -0.135. The molecular formula is C37H56N2O6S. The Balaban J connectivity index is 1.38. The molecular weight excluding hydrogens is 600 g/mol. The highest BCUT2D eigenvalue weighted by molar-refractivity contribution is 7.09. The highest BCUT2D eigenvalue weighted by atomic mass is 32.1. The molecule has 3 saturated carbocycles. The fraction of sp³-hybridized carbons (Fsp3) is 0.811. The van der Waals surface area contributed by atoms with Crippen LogP contribution in [-0.2, 0) is 23.8 Å². The second-order valence-corrected chi connectivity index (χ2v) is 17.9. The molecule has 4 aliphatic carbocycles. The molecule has 12 atom stereocenters. The van der Waals surface area contributed by atoms with Crippen molar-refractivity contribution in [2.24, 2.45) is 62.4 Å². The van der Waals surface area contributed by atoms with Crippen molar-refractivity contribution in [1.82, 2.24) is 4.98 Å². The first-order chi connectivity index (χ1) is 21.5. The average molecular weight is 657 g/mol. The number of fused-ring (bicyclic) bond motifs is 3. The topological polar surface area (TPSA) is 121 Å². The number of carboxylic acids is 1. The molecule has 9 heteroatoms. The van der Waals surface area contributed by atoms with Crippen LogP contribution in [0.4, 0.5) is 0 Å². The number of aromatic nitrogens is 1. The van der Waals surface area contributed by atoms with Gasteiger partial charge in [0, 0.05) is 29.3 Å². The summed E-state index contributed by atoms with van der Waals surface area (Å²) in [5, 5.41) is 13.7. The summed E-state index contributed by atoms with van der Waals surface area (Å²) in [6, 6.07) is -0.357. The van der Waals surface area contributed by atoms with E-state index in [1.54, 1.807) is 6.20 Å². The Kier molecular flexibility index (Phi) is 8.64. The van der Waals surface area contributed by atoms with E-state index in [4.69, 9.17) is 19.9 Å². The van der Waals surface area contributed by atoms with Crippen LogP contribution in [0.1, 0.15) is 105 Å². The first-order valence-corrected chi connectivity index (χ1v) is 18.4. The van der Waals surface area contributed by atoms with Crippen LogP contribution >= 0.6 is 11.3 Å². The Bertz CT molecular complexity index is 1370. The van der Waals surface area contributed by atoms with Crippen LogP contribution < -0.4 is 5.73 Å². The molecule has 1 saturated heterocycles.